The molecule has 1 atom stereocenters. The first-order valence-corrected chi connectivity index (χ1v) is 6.22. The first-order valence-electron chi connectivity index (χ1n) is 5.43. The van der Waals surface area contributed by atoms with Gasteiger partial charge in [0.15, 0.2) is 0 Å². The van der Waals surface area contributed by atoms with E-state index in [0.29, 0.717) is 19.6 Å². The van der Waals surface area contributed by atoms with Crippen LogP contribution in [-0.2, 0) is 0 Å². The Balaban J connectivity index is 2.12. The zero-order valence-corrected chi connectivity index (χ0v) is 11.1. The second-order valence-corrected chi connectivity index (χ2v) is 5.05. The van der Waals surface area contributed by atoms with Crippen LogP contribution in [0.5, 0.6) is 0 Å². The Morgan fingerprint density at radius 1 is 1.53 bits per heavy atom. The first-order chi connectivity index (χ1) is 8.08. The zero-order valence-electron chi connectivity index (χ0n) is 9.51. The number of hydrogen-bond acceptors (Lipinski definition) is 3. The predicted molar refractivity (Wildman–Crippen MR) is 68.3 cm³/mol. The molecule has 1 N–H and O–H groups in total. The summed E-state index contributed by atoms with van der Waals surface area (Å²) >= 11 is 3.39. The van der Waals surface area contributed by atoms with Crippen LogP contribution < -0.4 is 4.90 Å². The molecule has 1 fully saturated rings. The van der Waals surface area contributed by atoms with Gasteiger partial charge in [-0.3, -0.25) is 4.98 Å². The molecule has 1 aromatic rings. The summed E-state index contributed by atoms with van der Waals surface area (Å²) in [6, 6.07) is 2.16. The smallest absolute Gasteiger partial charge is 0.407 e. The van der Waals surface area contributed by atoms with Gasteiger partial charge < -0.3 is 14.9 Å². The van der Waals surface area contributed by atoms with Crippen molar-refractivity contribution in [3.05, 3.63) is 22.9 Å². The summed E-state index contributed by atoms with van der Waals surface area (Å²) in [5.41, 5.74) is 1.02. The van der Waals surface area contributed by atoms with Gasteiger partial charge in [-0.25, -0.2) is 4.79 Å². The largest absolute Gasteiger partial charge is 0.465 e. The highest BCUT2D eigenvalue weighted by molar-refractivity contribution is 9.10. The highest BCUT2D eigenvalue weighted by atomic mass is 79.9. The monoisotopic (exact) mass is 299 g/mol. The van der Waals surface area contributed by atoms with E-state index in [1.54, 1.807) is 12.4 Å². The van der Waals surface area contributed by atoms with Crippen molar-refractivity contribution >= 4 is 27.7 Å². The number of aromatic nitrogens is 1. The molecule has 0 aliphatic carbocycles. The lowest BCUT2D eigenvalue weighted by Crippen LogP contribution is -2.53. The number of pyridine rings is 1. The van der Waals surface area contributed by atoms with Gasteiger partial charge in [-0.1, -0.05) is 0 Å². The Morgan fingerprint density at radius 2 is 2.29 bits per heavy atom. The van der Waals surface area contributed by atoms with Crippen LogP contribution in [0.15, 0.2) is 22.9 Å². The fourth-order valence-electron chi connectivity index (χ4n) is 2.07. The van der Waals surface area contributed by atoms with Gasteiger partial charge in [0.2, 0.25) is 0 Å². The van der Waals surface area contributed by atoms with Crippen LogP contribution in [-0.4, -0.2) is 46.8 Å². The second kappa shape index (κ2) is 4.91. The van der Waals surface area contributed by atoms with Gasteiger partial charge in [-0.15, -0.1) is 0 Å². The van der Waals surface area contributed by atoms with Crippen LogP contribution in [0, 0.1) is 0 Å². The molecule has 6 heteroatoms. The van der Waals surface area contributed by atoms with Crippen LogP contribution in [0.3, 0.4) is 0 Å². The minimum Gasteiger partial charge on any atom is -0.465 e. The molecule has 1 amide bonds. The van der Waals surface area contributed by atoms with E-state index >= 15 is 0 Å². The SMILES string of the molecule is CC1CN(C(=O)O)CCN1c1cncc(Br)c1. The molecule has 1 unspecified atom stereocenters. The number of hydrogen-bond donors (Lipinski definition) is 1. The van der Waals surface area contributed by atoms with Crippen molar-refractivity contribution in [2.24, 2.45) is 0 Å². The molecule has 1 aliphatic rings. The van der Waals surface area contributed by atoms with E-state index in [4.69, 9.17) is 5.11 Å². The molecule has 2 rings (SSSR count). The molecule has 0 saturated carbocycles. The van der Waals surface area contributed by atoms with E-state index in [1.807, 2.05) is 13.0 Å². The van der Waals surface area contributed by atoms with Crippen molar-refractivity contribution in [3.63, 3.8) is 0 Å². The summed E-state index contributed by atoms with van der Waals surface area (Å²) < 4.78 is 0.933. The normalized spacial score (nSPS) is 20.5. The molecular weight excluding hydrogens is 286 g/mol. The number of nitrogens with zero attached hydrogens (tertiary/aromatic N) is 3. The molecule has 0 radical (unpaired) electrons. The van der Waals surface area contributed by atoms with Crippen LogP contribution in [0.25, 0.3) is 0 Å². The van der Waals surface area contributed by atoms with E-state index in [-0.39, 0.29) is 6.04 Å². The van der Waals surface area contributed by atoms with Crippen molar-refractivity contribution in [2.45, 2.75) is 13.0 Å². The van der Waals surface area contributed by atoms with Gasteiger partial charge in [-0.05, 0) is 28.9 Å². The minimum atomic E-state index is -0.844. The van der Waals surface area contributed by atoms with Crippen molar-refractivity contribution in [3.8, 4) is 0 Å². The van der Waals surface area contributed by atoms with Crippen molar-refractivity contribution in [2.75, 3.05) is 24.5 Å². The number of amides is 1. The highest BCUT2D eigenvalue weighted by Crippen LogP contribution is 2.22. The van der Waals surface area contributed by atoms with Gasteiger partial charge in [0, 0.05) is 36.3 Å². The average molecular weight is 300 g/mol. The van der Waals surface area contributed by atoms with E-state index in [1.165, 1.54) is 4.90 Å². The first kappa shape index (κ1) is 12.2. The van der Waals surface area contributed by atoms with Crippen LogP contribution in [0.4, 0.5) is 10.5 Å². The van der Waals surface area contributed by atoms with E-state index in [2.05, 4.69) is 25.8 Å². The van der Waals surface area contributed by atoms with Gasteiger partial charge in [0.05, 0.1) is 11.9 Å². The third-order valence-electron chi connectivity index (χ3n) is 2.92. The quantitative estimate of drug-likeness (QED) is 0.862. The van der Waals surface area contributed by atoms with E-state index in [9.17, 15) is 4.79 Å². The lowest BCUT2D eigenvalue weighted by molar-refractivity contribution is 0.136. The third kappa shape index (κ3) is 2.69. The molecule has 1 saturated heterocycles. The molecule has 17 heavy (non-hydrogen) atoms. The Hall–Kier alpha value is -1.30. The summed E-state index contributed by atoms with van der Waals surface area (Å²) in [5.74, 6) is 0. The lowest BCUT2D eigenvalue weighted by atomic mass is 10.2. The Labute approximate surface area is 108 Å². The Bertz CT molecular complexity index is 427. The number of rotatable bonds is 1. The summed E-state index contributed by atoms with van der Waals surface area (Å²) in [6.07, 6.45) is 2.70. The molecule has 0 aromatic carbocycles. The van der Waals surface area contributed by atoms with E-state index < -0.39 is 6.09 Å². The molecular formula is C11H14BrN3O2. The zero-order chi connectivity index (χ0) is 12.4. The minimum absolute atomic E-state index is 0.163. The maximum atomic E-state index is 10.9. The summed E-state index contributed by atoms with van der Waals surface area (Å²) in [6.45, 7) is 3.79. The number of halogens is 1. The molecule has 0 spiro atoms. The van der Waals surface area contributed by atoms with Crippen molar-refractivity contribution < 1.29 is 9.90 Å². The standard InChI is InChI=1S/C11H14BrN3O2/c1-8-7-14(11(16)17)2-3-15(8)10-4-9(12)5-13-6-10/h4-6,8H,2-3,7H2,1H3,(H,16,17). The Morgan fingerprint density at radius 3 is 2.88 bits per heavy atom. The molecule has 5 nitrogen and oxygen atoms in total. The maximum Gasteiger partial charge on any atom is 0.407 e. The molecule has 92 valence electrons. The fraction of sp³-hybridized carbons (Fsp3) is 0.455. The van der Waals surface area contributed by atoms with Crippen LogP contribution in [0.1, 0.15) is 6.92 Å². The maximum absolute atomic E-state index is 10.9. The topological polar surface area (TPSA) is 56.7 Å². The highest BCUT2D eigenvalue weighted by Gasteiger charge is 2.26. The van der Waals surface area contributed by atoms with Gasteiger partial charge >= 0.3 is 6.09 Å². The Kier molecular flexibility index (Phi) is 3.51. The molecule has 0 bridgehead atoms. The lowest BCUT2D eigenvalue weighted by Gasteiger charge is -2.39. The number of anilines is 1. The van der Waals surface area contributed by atoms with Crippen molar-refractivity contribution in [1.29, 1.82) is 0 Å². The fourth-order valence-corrected chi connectivity index (χ4v) is 2.43. The van der Waals surface area contributed by atoms with E-state index in [0.717, 1.165) is 10.2 Å². The molecule has 1 aromatic heterocycles. The van der Waals surface area contributed by atoms with Crippen LogP contribution >= 0.6 is 15.9 Å². The van der Waals surface area contributed by atoms with Crippen molar-refractivity contribution in [1.82, 2.24) is 9.88 Å². The third-order valence-corrected chi connectivity index (χ3v) is 3.35. The molecule has 1 aliphatic heterocycles. The number of piperazine rings is 1. The number of carboxylic acid groups (broad SMARTS) is 1. The van der Waals surface area contributed by atoms with Gasteiger partial charge in [-0.2, -0.15) is 0 Å². The molecule has 2 heterocycles. The van der Waals surface area contributed by atoms with Gasteiger partial charge in [0.1, 0.15) is 0 Å². The summed E-state index contributed by atoms with van der Waals surface area (Å²) in [5, 5.41) is 8.94. The predicted octanol–water partition coefficient (Wildman–Crippen LogP) is 2.03. The van der Waals surface area contributed by atoms with Gasteiger partial charge in [0.25, 0.3) is 0 Å². The summed E-state index contributed by atoms with van der Waals surface area (Å²) in [7, 11) is 0. The number of carbonyl (C=O) groups is 1. The average Bonchev–Trinajstić information content (AvgIpc) is 2.28. The van der Waals surface area contributed by atoms with Crippen LogP contribution in [0.2, 0.25) is 0 Å². The summed E-state index contributed by atoms with van der Waals surface area (Å²) in [4.78, 5) is 18.6. The second-order valence-electron chi connectivity index (χ2n) is 4.13.